The van der Waals surface area contributed by atoms with Crippen molar-refractivity contribution in [3.63, 3.8) is 0 Å². The number of fused-ring (bicyclic) bond motifs is 1. The van der Waals surface area contributed by atoms with Crippen molar-refractivity contribution in [1.82, 2.24) is 19.7 Å². The number of aryl methyl sites for hydroxylation is 1. The average molecular weight is 392 g/mol. The van der Waals surface area contributed by atoms with Gasteiger partial charge < -0.3 is 4.74 Å². The van der Waals surface area contributed by atoms with E-state index >= 15 is 0 Å². The van der Waals surface area contributed by atoms with Crippen molar-refractivity contribution in [2.24, 2.45) is 7.05 Å². The summed E-state index contributed by atoms with van der Waals surface area (Å²) < 4.78 is 7.80. The van der Waals surface area contributed by atoms with E-state index in [0.717, 1.165) is 38.9 Å². The molecule has 0 fully saturated rings. The van der Waals surface area contributed by atoms with Gasteiger partial charge in [0.1, 0.15) is 6.61 Å². The zero-order chi connectivity index (χ0) is 20.3. The predicted molar refractivity (Wildman–Crippen MR) is 118 cm³/mol. The van der Waals surface area contributed by atoms with E-state index in [1.807, 2.05) is 43.6 Å². The van der Waals surface area contributed by atoms with Crippen molar-refractivity contribution in [3.8, 4) is 28.3 Å². The Morgan fingerprint density at radius 2 is 1.63 bits per heavy atom. The smallest absolute Gasteiger partial charge is 0.241 e. The van der Waals surface area contributed by atoms with Crippen LogP contribution in [0.1, 0.15) is 5.56 Å². The summed E-state index contributed by atoms with van der Waals surface area (Å²) in [4.78, 5) is 8.85. The highest BCUT2D eigenvalue weighted by molar-refractivity contribution is 5.81. The lowest BCUT2D eigenvalue weighted by Crippen LogP contribution is -1.98. The van der Waals surface area contributed by atoms with E-state index in [2.05, 4.69) is 52.5 Å². The van der Waals surface area contributed by atoms with Crippen LogP contribution in [0.4, 0.5) is 0 Å². The lowest BCUT2D eigenvalue weighted by atomic mass is 10.1. The maximum atomic E-state index is 6.03. The molecule has 0 aliphatic rings. The molecule has 0 spiro atoms. The van der Waals surface area contributed by atoms with Gasteiger partial charge in [0, 0.05) is 36.6 Å². The standard InChI is InChI=1S/C25H20N4O/c1-29-16-22(19-12-14-26-15-13-19)25(28-29)30-17-18-6-8-21(9-7-18)24-11-10-20-4-2-3-5-23(20)27-24/h2-16H,17H2,1H3. The van der Waals surface area contributed by atoms with Gasteiger partial charge in [0.25, 0.3) is 0 Å². The lowest BCUT2D eigenvalue weighted by molar-refractivity contribution is 0.292. The third-order valence-electron chi connectivity index (χ3n) is 5.01. The maximum absolute atomic E-state index is 6.03. The Labute approximate surface area is 174 Å². The van der Waals surface area contributed by atoms with Crippen LogP contribution in [0.25, 0.3) is 33.3 Å². The minimum absolute atomic E-state index is 0.445. The van der Waals surface area contributed by atoms with Gasteiger partial charge >= 0.3 is 0 Å². The van der Waals surface area contributed by atoms with Crippen LogP contribution < -0.4 is 4.74 Å². The summed E-state index contributed by atoms with van der Waals surface area (Å²) in [6.07, 6.45) is 5.50. The first kappa shape index (κ1) is 18.1. The van der Waals surface area contributed by atoms with Gasteiger partial charge in [0.15, 0.2) is 0 Å². The molecule has 3 aromatic heterocycles. The number of pyridine rings is 2. The number of nitrogens with zero attached hydrogens (tertiary/aromatic N) is 4. The molecule has 0 atom stereocenters. The Morgan fingerprint density at radius 1 is 0.833 bits per heavy atom. The van der Waals surface area contributed by atoms with Crippen LogP contribution in [-0.2, 0) is 13.7 Å². The second-order valence-corrected chi connectivity index (χ2v) is 7.13. The third kappa shape index (κ3) is 3.65. The first-order chi connectivity index (χ1) is 14.8. The highest BCUT2D eigenvalue weighted by Gasteiger charge is 2.11. The van der Waals surface area contributed by atoms with Crippen LogP contribution in [0, 0.1) is 0 Å². The van der Waals surface area contributed by atoms with E-state index in [4.69, 9.17) is 9.72 Å². The molecule has 2 aromatic carbocycles. The number of hydrogen-bond donors (Lipinski definition) is 0. The minimum atomic E-state index is 0.445. The van der Waals surface area contributed by atoms with E-state index in [9.17, 15) is 0 Å². The van der Waals surface area contributed by atoms with Gasteiger partial charge in [-0.05, 0) is 35.4 Å². The SMILES string of the molecule is Cn1cc(-c2ccncc2)c(OCc2ccc(-c3ccc4ccccc4n3)cc2)n1. The molecule has 0 unspecified atom stereocenters. The monoisotopic (exact) mass is 392 g/mol. The van der Waals surface area contributed by atoms with Gasteiger partial charge in [-0.1, -0.05) is 48.5 Å². The molecule has 0 saturated heterocycles. The van der Waals surface area contributed by atoms with Crippen molar-refractivity contribution in [2.75, 3.05) is 0 Å². The van der Waals surface area contributed by atoms with Crippen LogP contribution in [0.3, 0.4) is 0 Å². The van der Waals surface area contributed by atoms with E-state index in [1.54, 1.807) is 17.1 Å². The summed E-state index contributed by atoms with van der Waals surface area (Å²) in [6, 6.07) is 24.5. The second kappa shape index (κ2) is 7.79. The molecule has 5 heteroatoms. The van der Waals surface area contributed by atoms with Crippen molar-refractivity contribution in [2.45, 2.75) is 6.61 Å². The van der Waals surface area contributed by atoms with Crippen LogP contribution in [0.5, 0.6) is 5.88 Å². The number of hydrogen-bond acceptors (Lipinski definition) is 4. The molecule has 0 aliphatic carbocycles. The molecule has 146 valence electrons. The van der Waals surface area contributed by atoms with Crippen LogP contribution in [0.15, 0.2) is 91.4 Å². The molecule has 0 bridgehead atoms. The summed E-state index contributed by atoms with van der Waals surface area (Å²) in [6.45, 7) is 0.445. The highest BCUT2D eigenvalue weighted by Crippen LogP contribution is 2.29. The van der Waals surface area contributed by atoms with E-state index < -0.39 is 0 Å². The van der Waals surface area contributed by atoms with Gasteiger partial charge in [-0.3, -0.25) is 9.67 Å². The van der Waals surface area contributed by atoms with Crippen molar-refractivity contribution in [3.05, 3.63) is 97.0 Å². The Balaban J connectivity index is 1.33. The van der Waals surface area contributed by atoms with Gasteiger partial charge in [0.2, 0.25) is 5.88 Å². The first-order valence-electron chi connectivity index (χ1n) is 9.78. The van der Waals surface area contributed by atoms with Crippen LogP contribution >= 0.6 is 0 Å². The lowest BCUT2D eigenvalue weighted by Gasteiger charge is -2.08. The third-order valence-corrected chi connectivity index (χ3v) is 5.01. The summed E-state index contributed by atoms with van der Waals surface area (Å²) in [5.41, 5.74) is 6.11. The second-order valence-electron chi connectivity index (χ2n) is 7.13. The molecule has 0 aliphatic heterocycles. The Hall–Kier alpha value is -3.99. The molecule has 0 N–H and O–H groups in total. The van der Waals surface area contributed by atoms with E-state index in [-0.39, 0.29) is 0 Å². The fourth-order valence-corrected chi connectivity index (χ4v) is 3.45. The summed E-state index contributed by atoms with van der Waals surface area (Å²) in [5.74, 6) is 0.615. The first-order valence-corrected chi connectivity index (χ1v) is 9.78. The van der Waals surface area contributed by atoms with Crippen molar-refractivity contribution < 1.29 is 4.74 Å². The molecule has 0 amide bonds. The molecule has 5 nitrogen and oxygen atoms in total. The summed E-state index contributed by atoms with van der Waals surface area (Å²) >= 11 is 0. The van der Waals surface area contributed by atoms with Crippen LogP contribution in [-0.4, -0.2) is 19.7 Å². The Kier molecular flexibility index (Phi) is 4.69. The molecule has 30 heavy (non-hydrogen) atoms. The highest BCUT2D eigenvalue weighted by atomic mass is 16.5. The van der Waals surface area contributed by atoms with E-state index in [0.29, 0.717) is 12.5 Å². The number of ether oxygens (including phenoxy) is 1. The number of benzene rings is 2. The molecule has 5 rings (SSSR count). The number of aromatic nitrogens is 4. The van der Waals surface area contributed by atoms with E-state index in [1.165, 1.54) is 0 Å². The average Bonchev–Trinajstić information content (AvgIpc) is 3.19. The molecule has 0 radical (unpaired) electrons. The van der Waals surface area contributed by atoms with Crippen molar-refractivity contribution in [1.29, 1.82) is 0 Å². The zero-order valence-corrected chi connectivity index (χ0v) is 16.6. The summed E-state index contributed by atoms with van der Waals surface area (Å²) in [7, 11) is 1.89. The molecule has 5 aromatic rings. The molecular formula is C25H20N4O. The van der Waals surface area contributed by atoms with Gasteiger partial charge in [-0.15, -0.1) is 5.10 Å². The largest absolute Gasteiger partial charge is 0.471 e. The van der Waals surface area contributed by atoms with Gasteiger partial charge in [-0.2, -0.15) is 0 Å². The van der Waals surface area contributed by atoms with Crippen molar-refractivity contribution >= 4 is 10.9 Å². The zero-order valence-electron chi connectivity index (χ0n) is 16.6. The normalized spacial score (nSPS) is 11.0. The van der Waals surface area contributed by atoms with Crippen LogP contribution in [0.2, 0.25) is 0 Å². The quantitative estimate of drug-likeness (QED) is 0.408. The van der Waals surface area contributed by atoms with Gasteiger partial charge in [-0.25, -0.2) is 4.98 Å². The number of para-hydroxylation sites is 1. The fourth-order valence-electron chi connectivity index (χ4n) is 3.45. The fraction of sp³-hybridized carbons (Fsp3) is 0.0800. The summed E-state index contributed by atoms with van der Waals surface area (Å²) in [5, 5.41) is 5.61. The number of rotatable bonds is 5. The van der Waals surface area contributed by atoms with Gasteiger partial charge in [0.05, 0.1) is 16.8 Å². The maximum Gasteiger partial charge on any atom is 0.241 e. The minimum Gasteiger partial charge on any atom is -0.471 e. The molecule has 3 heterocycles. The Morgan fingerprint density at radius 3 is 2.47 bits per heavy atom. The topological polar surface area (TPSA) is 52.8 Å². The molecule has 0 saturated carbocycles. The molecular weight excluding hydrogens is 372 g/mol. The predicted octanol–water partition coefficient (Wildman–Crippen LogP) is 5.28. The Bertz CT molecular complexity index is 1290.